The molecule has 21 heavy (non-hydrogen) atoms. The Morgan fingerprint density at radius 2 is 1.71 bits per heavy atom. The molecule has 0 aromatic heterocycles. The van der Waals surface area contributed by atoms with Crippen molar-refractivity contribution in [3.63, 3.8) is 0 Å². The molecule has 5 heteroatoms. The van der Waals surface area contributed by atoms with Crippen molar-refractivity contribution in [3.8, 4) is 0 Å². The Balaban J connectivity index is 2.58. The van der Waals surface area contributed by atoms with Crippen LogP contribution in [-0.2, 0) is 4.79 Å². The Bertz CT molecular complexity index is 513. The molecule has 0 aliphatic carbocycles. The number of benzene rings is 1. The number of nitrogens with one attached hydrogen (secondary N) is 1. The van der Waals surface area contributed by atoms with E-state index in [1.54, 1.807) is 33.0 Å². The predicted molar refractivity (Wildman–Crippen MR) is 82.2 cm³/mol. The normalized spacial score (nSPS) is 11.1. The van der Waals surface area contributed by atoms with Gasteiger partial charge in [0.2, 0.25) is 5.91 Å². The van der Waals surface area contributed by atoms with Crippen LogP contribution in [0.25, 0.3) is 0 Å². The Labute approximate surface area is 126 Å². The lowest BCUT2D eigenvalue weighted by Crippen LogP contribution is -2.44. The molecule has 0 heterocycles. The summed E-state index contributed by atoms with van der Waals surface area (Å²) in [7, 11) is 1.60. The molecule has 0 atom stereocenters. The maximum absolute atomic E-state index is 12.0. The Morgan fingerprint density at radius 3 is 2.19 bits per heavy atom. The molecular formula is C16H24N2O3. The van der Waals surface area contributed by atoms with Gasteiger partial charge >= 0.3 is 0 Å². The first kappa shape index (κ1) is 17.2. The second-order valence-electron chi connectivity index (χ2n) is 6.12. The van der Waals surface area contributed by atoms with Gasteiger partial charge < -0.3 is 15.3 Å². The number of likely N-dealkylation sites (N-methyl/N-ethyl adjacent to an activating group) is 1. The zero-order chi connectivity index (χ0) is 16.2. The summed E-state index contributed by atoms with van der Waals surface area (Å²) in [5, 5.41) is 12.3. The van der Waals surface area contributed by atoms with E-state index in [0.29, 0.717) is 5.56 Å². The minimum absolute atomic E-state index is 0.0849. The lowest BCUT2D eigenvalue weighted by atomic mass is 10.1. The van der Waals surface area contributed by atoms with E-state index in [2.05, 4.69) is 5.32 Å². The molecule has 0 saturated carbocycles. The van der Waals surface area contributed by atoms with Crippen LogP contribution in [0.15, 0.2) is 18.2 Å². The molecule has 0 saturated heterocycles. The van der Waals surface area contributed by atoms with E-state index in [4.69, 9.17) is 0 Å². The highest BCUT2D eigenvalue weighted by atomic mass is 16.3. The molecule has 0 unspecified atom stereocenters. The standard InChI is InChI=1S/C16H24N2O3/c1-11-6-12(2)8-13(7-11)15(20)17-9-14(19)18(5)10-16(3,4)21/h6-8,21H,9-10H2,1-5H3,(H,17,20). The number of aliphatic hydroxyl groups is 1. The predicted octanol–water partition coefficient (Wildman–Crippen LogP) is 1.26. The third kappa shape index (κ3) is 5.95. The van der Waals surface area contributed by atoms with Gasteiger partial charge in [-0.2, -0.15) is 0 Å². The van der Waals surface area contributed by atoms with Gasteiger partial charge in [0, 0.05) is 19.2 Å². The lowest BCUT2D eigenvalue weighted by molar-refractivity contribution is -0.131. The molecule has 1 aromatic rings. The van der Waals surface area contributed by atoms with Crippen molar-refractivity contribution in [3.05, 3.63) is 34.9 Å². The average molecular weight is 292 g/mol. The van der Waals surface area contributed by atoms with Crippen LogP contribution in [0.2, 0.25) is 0 Å². The molecule has 2 amide bonds. The second kappa shape index (κ2) is 6.72. The molecule has 0 fully saturated rings. The second-order valence-corrected chi connectivity index (χ2v) is 6.12. The van der Waals surface area contributed by atoms with E-state index < -0.39 is 5.60 Å². The van der Waals surface area contributed by atoms with Crippen LogP contribution in [0.3, 0.4) is 0 Å². The summed E-state index contributed by atoms with van der Waals surface area (Å²) >= 11 is 0. The zero-order valence-corrected chi connectivity index (χ0v) is 13.4. The molecule has 0 spiro atoms. The van der Waals surface area contributed by atoms with E-state index in [1.807, 2.05) is 19.9 Å². The van der Waals surface area contributed by atoms with Crippen LogP contribution in [0.5, 0.6) is 0 Å². The fourth-order valence-corrected chi connectivity index (χ4v) is 2.17. The highest BCUT2D eigenvalue weighted by molar-refractivity contribution is 5.96. The topological polar surface area (TPSA) is 69.6 Å². The van der Waals surface area contributed by atoms with Crippen LogP contribution < -0.4 is 5.32 Å². The highest BCUT2D eigenvalue weighted by Gasteiger charge is 2.19. The molecule has 1 rings (SSSR count). The van der Waals surface area contributed by atoms with Crippen molar-refractivity contribution in [2.24, 2.45) is 0 Å². The number of carbonyl (C=O) groups is 2. The number of nitrogens with zero attached hydrogens (tertiary/aromatic N) is 1. The summed E-state index contributed by atoms with van der Waals surface area (Å²) in [6, 6.07) is 5.56. The maximum atomic E-state index is 12.0. The van der Waals surface area contributed by atoms with Crippen molar-refractivity contribution < 1.29 is 14.7 Å². The van der Waals surface area contributed by atoms with Crippen LogP contribution in [0.1, 0.15) is 35.3 Å². The first-order chi connectivity index (χ1) is 9.58. The average Bonchev–Trinajstić information content (AvgIpc) is 2.32. The largest absolute Gasteiger partial charge is 0.389 e. The summed E-state index contributed by atoms with van der Waals surface area (Å²) in [4.78, 5) is 25.3. The monoisotopic (exact) mass is 292 g/mol. The van der Waals surface area contributed by atoms with Gasteiger partial charge in [0.05, 0.1) is 12.1 Å². The minimum Gasteiger partial charge on any atom is -0.389 e. The fraction of sp³-hybridized carbons (Fsp3) is 0.500. The van der Waals surface area contributed by atoms with Gasteiger partial charge in [-0.25, -0.2) is 0 Å². The Morgan fingerprint density at radius 1 is 1.19 bits per heavy atom. The zero-order valence-electron chi connectivity index (χ0n) is 13.4. The molecule has 116 valence electrons. The molecular weight excluding hydrogens is 268 g/mol. The van der Waals surface area contributed by atoms with Gasteiger partial charge in [-0.3, -0.25) is 9.59 Å². The van der Waals surface area contributed by atoms with Crippen molar-refractivity contribution in [1.29, 1.82) is 0 Å². The number of hydrogen-bond donors (Lipinski definition) is 2. The number of carbonyl (C=O) groups excluding carboxylic acids is 2. The van der Waals surface area contributed by atoms with Crippen LogP contribution >= 0.6 is 0 Å². The van der Waals surface area contributed by atoms with E-state index in [1.165, 1.54) is 4.90 Å². The SMILES string of the molecule is Cc1cc(C)cc(C(=O)NCC(=O)N(C)CC(C)(C)O)c1. The Kier molecular flexibility index (Phi) is 5.49. The van der Waals surface area contributed by atoms with Gasteiger partial charge in [0.25, 0.3) is 5.91 Å². The number of aryl methyl sites for hydroxylation is 2. The number of hydrogen-bond acceptors (Lipinski definition) is 3. The highest BCUT2D eigenvalue weighted by Crippen LogP contribution is 2.08. The molecule has 0 bridgehead atoms. The lowest BCUT2D eigenvalue weighted by Gasteiger charge is -2.25. The van der Waals surface area contributed by atoms with Crippen LogP contribution in [-0.4, -0.2) is 47.6 Å². The molecule has 0 radical (unpaired) electrons. The van der Waals surface area contributed by atoms with Crippen molar-refractivity contribution >= 4 is 11.8 Å². The molecule has 1 aromatic carbocycles. The van der Waals surface area contributed by atoms with Crippen LogP contribution in [0, 0.1) is 13.8 Å². The summed E-state index contributed by atoms with van der Waals surface area (Å²) in [6.45, 7) is 7.23. The number of rotatable bonds is 5. The van der Waals surface area contributed by atoms with Gasteiger partial charge in [0.15, 0.2) is 0 Å². The van der Waals surface area contributed by atoms with E-state index in [0.717, 1.165) is 11.1 Å². The first-order valence-corrected chi connectivity index (χ1v) is 6.91. The molecule has 5 nitrogen and oxygen atoms in total. The quantitative estimate of drug-likeness (QED) is 0.858. The van der Waals surface area contributed by atoms with Crippen molar-refractivity contribution in [2.75, 3.05) is 20.1 Å². The molecule has 0 aliphatic heterocycles. The van der Waals surface area contributed by atoms with Gasteiger partial charge in [-0.1, -0.05) is 17.2 Å². The summed E-state index contributed by atoms with van der Waals surface area (Å²) < 4.78 is 0. The first-order valence-electron chi connectivity index (χ1n) is 6.91. The van der Waals surface area contributed by atoms with E-state index in [-0.39, 0.29) is 24.9 Å². The smallest absolute Gasteiger partial charge is 0.251 e. The summed E-state index contributed by atoms with van der Waals surface area (Å²) in [6.07, 6.45) is 0. The van der Waals surface area contributed by atoms with Crippen molar-refractivity contribution in [1.82, 2.24) is 10.2 Å². The maximum Gasteiger partial charge on any atom is 0.251 e. The summed E-state index contributed by atoms with van der Waals surface area (Å²) in [5.41, 5.74) is 1.60. The third-order valence-corrected chi connectivity index (χ3v) is 2.93. The minimum atomic E-state index is -0.956. The van der Waals surface area contributed by atoms with Crippen LogP contribution in [0.4, 0.5) is 0 Å². The van der Waals surface area contributed by atoms with E-state index in [9.17, 15) is 14.7 Å². The fourth-order valence-electron chi connectivity index (χ4n) is 2.17. The summed E-state index contributed by atoms with van der Waals surface area (Å²) in [5.74, 6) is -0.512. The van der Waals surface area contributed by atoms with Gasteiger partial charge in [-0.05, 0) is 39.8 Å². The van der Waals surface area contributed by atoms with Gasteiger partial charge in [0.1, 0.15) is 0 Å². The Hall–Kier alpha value is -1.88. The number of amides is 2. The third-order valence-electron chi connectivity index (χ3n) is 2.93. The van der Waals surface area contributed by atoms with Crippen molar-refractivity contribution in [2.45, 2.75) is 33.3 Å². The molecule has 2 N–H and O–H groups in total. The molecule has 0 aliphatic rings. The van der Waals surface area contributed by atoms with Gasteiger partial charge in [-0.15, -0.1) is 0 Å². The van der Waals surface area contributed by atoms with E-state index >= 15 is 0 Å².